The van der Waals surface area contributed by atoms with E-state index in [1.165, 1.54) is 12.4 Å². The summed E-state index contributed by atoms with van der Waals surface area (Å²) in [4.78, 5) is 39.6. The molecular weight excluding hydrogens is 462 g/mol. The molecule has 0 radical (unpaired) electrons. The van der Waals surface area contributed by atoms with Gasteiger partial charge in [-0.3, -0.25) is 4.79 Å². The van der Waals surface area contributed by atoms with Gasteiger partial charge in [0.2, 0.25) is 0 Å². The van der Waals surface area contributed by atoms with Crippen molar-refractivity contribution in [2.45, 2.75) is 6.92 Å². The fourth-order valence-electron chi connectivity index (χ4n) is 3.62. The third-order valence-electron chi connectivity index (χ3n) is 5.32. The zero-order chi connectivity index (χ0) is 25.7. The number of nitrogens with zero attached hydrogens (tertiary/aromatic N) is 3. The molecule has 0 saturated heterocycles. The molecule has 186 valence electrons. The number of aromatic nitrogens is 4. The predicted molar refractivity (Wildman–Crippen MR) is 137 cm³/mol. The first-order valence-electron chi connectivity index (χ1n) is 11.4. The maximum absolute atomic E-state index is 12.4. The van der Waals surface area contributed by atoms with E-state index in [0.717, 1.165) is 23.7 Å². The summed E-state index contributed by atoms with van der Waals surface area (Å²) in [5, 5.41) is 9.06. The Morgan fingerprint density at radius 2 is 1.97 bits per heavy atom. The van der Waals surface area contributed by atoms with Crippen molar-refractivity contribution in [2.24, 2.45) is 0 Å². The normalized spacial score (nSPS) is 11.4. The van der Waals surface area contributed by atoms with Gasteiger partial charge in [-0.05, 0) is 74.1 Å². The molecular formula is C26H27N5O5. The number of carbonyl (C=O) groups is 1. The molecule has 0 saturated carbocycles. The van der Waals surface area contributed by atoms with Crippen molar-refractivity contribution in [2.75, 3.05) is 33.9 Å². The van der Waals surface area contributed by atoms with E-state index in [2.05, 4.69) is 19.9 Å². The van der Waals surface area contributed by atoms with Crippen LogP contribution in [0.1, 0.15) is 12.5 Å². The standard InChI is InChI=1S/C26H27N5O5/c1-4-35-21-14-17(6-7-20(21)24-29-25-23(26(34)30-24)27-15-28-25)18-11-16(5-8-22(32)33)12-19(13-18)36-10-9-31(2)3/h5-8,11-15H,4,9-10H2,1-3H3,(H,32,33)(H2,27,28,29,30,34)/b8-5+. The largest absolute Gasteiger partial charge is 0.493 e. The van der Waals surface area contributed by atoms with Gasteiger partial charge in [-0.25, -0.2) is 14.8 Å². The highest BCUT2D eigenvalue weighted by Crippen LogP contribution is 2.34. The van der Waals surface area contributed by atoms with Crippen LogP contribution in [0.2, 0.25) is 0 Å². The molecule has 2 heterocycles. The van der Waals surface area contributed by atoms with Gasteiger partial charge in [0.05, 0.1) is 18.5 Å². The number of imidazole rings is 1. The number of aliphatic carboxylic acids is 1. The molecule has 2 aromatic carbocycles. The van der Waals surface area contributed by atoms with Crippen LogP contribution in [0, 0.1) is 0 Å². The molecule has 10 nitrogen and oxygen atoms in total. The Balaban J connectivity index is 1.76. The molecule has 3 N–H and O–H groups in total. The van der Waals surface area contributed by atoms with Crippen molar-refractivity contribution < 1.29 is 19.4 Å². The van der Waals surface area contributed by atoms with Crippen LogP contribution in [0.4, 0.5) is 0 Å². The number of rotatable bonds is 10. The zero-order valence-electron chi connectivity index (χ0n) is 20.2. The van der Waals surface area contributed by atoms with Gasteiger partial charge in [0.1, 0.15) is 23.9 Å². The number of aromatic amines is 2. The summed E-state index contributed by atoms with van der Waals surface area (Å²) in [6, 6.07) is 11.1. The Kier molecular flexibility index (Phi) is 7.45. The Bertz CT molecular complexity index is 1470. The van der Waals surface area contributed by atoms with Crippen molar-refractivity contribution in [3.05, 3.63) is 64.7 Å². The van der Waals surface area contributed by atoms with Crippen molar-refractivity contribution >= 4 is 23.2 Å². The van der Waals surface area contributed by atoms with Gasteiger partial charge < -0.3 is 29.4 Å². The number of carboxylic acids is 1. The number of nitrogens with one attached hydrogen (secondary N) is 2. The minimum atomic E-state index is -1.03. The van der Waals surface area contributed by atoms with Crippen molar-refractivity contribution in [3.63, 3.8) is 0 Å². The maximum atomic E-state index is 12.4. The van der Waals surface area contributed by atoms with Crippen LogP contribution in [0.25, 0.3) is 39.8 Å². The highest BCUT2D eigenvalue weighted by atomic mass is 16.5. The van der Waals surface area contributed by atoms with Crippen LogP contribution in [0.15, 0.2) is 53.6 Å². The first kappa shape index (κ1) is 24.7. The van der Waals surface area contributed by atoms with Crippen LogP contribution in [0.3, 0.4) is 0 Å². The third kappa shape index (κ3) is 5.78. The van der Waals surface area contributed by atoms with Crippen LogP contribution < -0.4 is 15.0 Å². The topological polar surface area (TPSA) is 133 Å². The van der Waals surface area contributed by atoms with E-state index in [9.17, 15) is 9.59 Å². The van der Waals surface area contributed by atoms with Crippen LogP contribution in [-0.4, -0.2) is 69.8 Å². The van der Waals surface area contributed by atoms with E-state index in [1.54, 1.807) is 6.07 Å². The average Bonchev–Trinajstić information content (AvgIpc) is 3.32. The number of ether oxygens (including phenoxy) is 2. The number of hydrogen-bond donors (Lipinski definition) is 3. The van der Waals surface area contributed by atoms with Crippen molar-refractivity contribution in [1.29, 1.82) is 0 Å². The van der Waals surface area contributed by atoms with Gasteiger partial charge >= 0.3 is 5.97 Å². The van der Waals surface area contributed by atoms with E-state index >= 15 is 0 Å². The predicted octanol–water partition coefficient (Wildman–Crippen LogP) is 3.42. The zero-order valence-corrected chi connectivity index (χ0v) is 20.2. The molecule has 36 heavy (non-hydrogen) atoms. The molecule has 0 atom stereocenters. The number of likely N-dealkylation sites (N-methyl/N-ethyl adjacent to an activating group) is 1. The molecule has 0 aliphatic rings. The van der Waals surface area contributed by atoms with E-state index in [1.807, 2.05) is 56.3 Å². The molecule has 4 aromatic rings. The minimum absolute atomic E-state index is 0.307. The van der Waals surface area contributed by atoms with Crippen molar-refractivity contribution in [3.8, 4) is 34.0 Å². The lowest BCUT2D eigenvalue weighted by Crippen LogP contribution is -2.19. The Labute approximate surface area is 207 Å². The molecule has 0 amide bonds. The lowest BCUT2D eigenvalue weighted by molar-refractivity contribution is -0.131. The highest BCUT2D eigenvalue weighted by molar-refractivity contribution is 5.86. The van der Waals surface area contributed by atoms with E-state index in [-0.39, 0.29) is 5.56 Å². The van der Waals surface area contributed by atoms with Gasteiger partial charge in [-0.1, -0.05) is 6.07 Å². The Hall–Kier alpha value is -4.44. The maximum Gasteiger partial charge on any atom is 0.328 e. The number of fused-ring (bicyclic) bond motifs is 1. The van der Waals surface area contributed by atoms with E-state index in [4.69, 9.17) is 14.6 Å². The molecule has 0 bridgehead atoms. The lowest BCUT2D eigenvalue weighted by atomic mass is 10.00. The van der Waals surface area contributed by atoms with Gasteiger partial charge in [-0.2, -0.15) is 0 Å². The molecule has 0 aliphatic heterocycles. The summed E-state index contributed by atoms with van der Waals surface area (Å²) >= 11 is 0. The molecule has 10 heteroatoms. The molecule has 2 aromatic heterocycles. The fourth-order valence-corrected chi connectivity index (χ4v) is 3.62. The summed E-state index contributed by atoms with van der Waals surface area (Å²) < 4.78 is 11.8. The van der Waals surface area contributed by atoms with Crippen molar-refractivity contribution in [1.82, 2.24) is 24.8 Å². The second-order valence-electron chi connectivity index (χ2n) is 8.27. The first-order chi connectivity index (χ1) is 17.3. The van der Waals surface area contributed by atoms with Gasteiger partial charge in [0.15, 0.2) is 11.2 Å². The third-order valence-corrected chi connectivity index (χ3v) is 5.32. The summed E-state index contributed by atoms with van der Waals surface area (Å²) in [5.74, 6) is 0.472. The lowest BCUT2D eigenvalue weighted by Gasteiger charge is -2.15. The van der Waals surface area contributed by atoms with E-state index < -0.39 is 5.97 Å². The molecule has 0 aliphatic carbocycles. The smallest absolute Gasteiger partial charge is 0.328 e. The monoisotopic (exact) mass is 489 g/mol. The summed E-state index contributed by atoms with van der Waals surface area (Å²) in [6.45, 7) is 3.50. The first-order valence-corrected chi connectivity index (χ1v) is 11.4. The number of hydrogen-bond acceptors (Lipinski definition) is 7. The van der Waals surface area contributed by atoms with Crippen LogP contribution in [-0.2, 0) is 4.79 Å². The van der Waals surface area contributed by atoms with Gasteiger partial charge in [-0.15, -0.1) is 0 Å². The average molecular weight is 490 g/mol. The quantitative estimate of drug-likeness (QED) is 0.289. The molecule has 0 unspecified atom stereocenters. The SMILES string of the molecule is CCOc1cc(-c2cc(/C=C/C(=O)O)cc(OCCN(C)C)c2)ccc1-c1nc2nc[nH]c2c(=O)[nH]1. The summed E-state index contributed by atoms with van der Waals surface area (Å²) in [7, 11) is 3.92. The van der Waals surface area contributed by atoms with Gasteiger partial charge in [0.25, 0.3) is 5.56 Å². The summed E-state index contributed by atoms with van der Waals surface area (Å²) in [5.41, 5.74) is 3.25. The second-order valence-corrected chi connectivity index (χ2v) is 8.27. The number of carboxylic acid groups (broad SMARTS) is 1. The summed E-state index contributed by atoms with van der Waals surface area (Å²) in [6.07, 6.45) is 4.04. The Morgan fingerprint density at radius 1 is 1.14 bits per heavy atom. The second kappa shape index (κ2) is 10.9. The highest BCUT2D eigenvalue weighted by Gasteiger charge is 2.14. The molecule has 4 rings (SSSR count). The molecule has 0 spiro atoms. The molecule has 0 fully saturated rings. The van der Waals surface area contributed by atoms with Crippen LogP contribution in [0.5, 0.6) is 11.5 Å². The number of benzene rings is 2. The van der Waals surface area contributed by atoms with Gasteiger partial charge in [0, 0.05) is 12.6 Å². The fraction of sp³-hybridized carbons (Fsp3) is 0.231. The Morgan fingerprint density at radius 3 is 2.72 bits per heavy atom. The van der Waals surface area contributed by atoms with E-state index in [0.29, 0.717) is 52.8 Å². The minimum Gasteiger partial charge on any atom is -0.493 e. The van der Waals surface area contributed by atoms with Crippen LogP contribution >= 0.6 is 0 Å². The number of H-pyrrole nitrogens is 2.